The summed E-state index contributed by atoms with van der Waals surface area (Å²) in [5.41, 5.74) is 1.08. The summed E-state index contributed by atoms with van der Waals surface area (Å²) in [7, 11) is 4.91. The van der Waals surface area contributed by atoms with Crippen molar-refractivity contribution in [2.45, 2.75) is 31.0 Å². The van der Waals surface area contributed by atoms with Crippen LogP contribution in [0.3, 0.4) is 0 Å². The molecule has 2 aromatic carbocycles. The predicted octanol–water partition coefficient (Wildman–Crippen LogP) is 4.02. The van der Waals surface area contributed by atoms with Crippen LogP contribution in [0.25, 0.3) is 11.1 Å². The molecule has 1 fully saturated rings. The minimum absolute atomic E-state index is 0.395. The Hall–Kier alpha value is -1.83. The molecular weight excluding hydrogens is 418 g/mol. The van der Waals surface area contributed by atoms with Gasteiger partial charge < -0.3 is 29.4 Å². The molecule has 31 heavy (non-hydrogen) atoms. The maximum Gasteiger partial charge on any atom is 0.123 e. The summed E-state index contributed by atoms with van der Waals surface area (Å²) in [5.74, 6) is 1.30. The van der Waals surface area contributed by atoms with Crippen molar-refractivity contribution in [2.24, 2.45) is 0 Å². The quantitative estimate of drug-likeness (QED) is 0.534. The molecule has 2 atom stereocenters. The van der Waals surface area contributed by atoms with Gasteiger partial charge in [0.25, 0.3) is 0 Å². The number of benzene rings is 2. The Balaban J connectivity index is 2.11. The summed E-state index contributed by atoms with van der Waals surface area (Å²) in [6.45, 7) is 2.53. The lowest BCUT2D eigenvalue weighted by Gasteiger charge is -2.40. The van der Waals surface area contributed by atoms with Crippen LogP contribution in [0.15, 0.2) is 36.4 Å². The molecule has 1 aliphatic heterocycles. The average Bonchev–Trinajstić information content (AvgIpc) is 2.81. The molecule has 170 valence electrons. The summed E-state index contributed by atoms with van der Waals surface area (Å²) < 4.78 is 22.2. The number of aliphatic hydroxyl groups is 1. The Kier molecular flexibility index (Phi) is 8.58. The average molecular weight is 450 g/mol. The zero-order valence-corrected chi connectivity index (χ0v) is 19.2. The Morgan fingerprint density at radius 1 is 1.13 bits per heavy atom. The topological polar surface area (TPSA) is 69.2 Å². The highest BCUT2D eigenvalue weighted by atomic mass is 35.5. The molecule has 0 unspecified atom stereocenters. The van der Waals surface area contributed by atoms with Crippen LogP contribution in [0.1, 0.15) is 24.8 Å². The van der Waals surface area contributed by atoms with Gasteiger partial charge in [0, 0.05) is 43.5 Å². The van der Waals surface area contributed by atoms with Gasteiger partial charge in [-0.2, -0.15) is 0 Å². The van der Waals surface area contributed by atoms with E-state index in [1.165, 1.54) is 0 Å². The summed E-state index contributed by atoms with van der Waals surface area (Å²) in [6, 6.07) is 11.2. The lowest BCUT2D eigenvalue weighted by molar-refractivity contribution is -0.129. The highest BCUT2D eigenvalue weighted by Gasteiger charge is 2.42. The van der Waals surface area contributed by atoms with Gasteiger partial charge >= 0.3 is 0 Å². The highest BCUT2D eigenvalue weighted by Crippen LogP contribution is 2.44. The molecule has 2 aromatic rings. The van der Waals surface area contributed by atoms with Crippen LogP contribution in [0.5, 0.6) is 11.5 Å². The fourth-order valence-corrected chi connectivity index (χ4v) is 4.40. The Morgan fingerprint density at radius 2 is 1.87 bits per heavy atom. The molecule has 1 heterocycles. The van der Waals surface area contributed by atoms with E-state index in [0.29, 0.717) is 42.7 Å². The maximum absolute atomic E-state index is 12.1. The van der Waals surface area contributed by atoms with E-state index >= 15 is 0 Å². The third-order valence-electron chi connectivity index (χ3n) is 5.74. The number of hydrogen-bond donors (Lipinski definition) is 2. The van der Waals surface area contributed by atoms with E-state index in [1.807, 2.05) is 36.4 Å². The SMILES string of the molecule is COCCCC[C@@](O)(c1cccc(Cl)c1-c1cc(OC)cc(OC)c1)[C@H]1CNCCO1. The predicted molar refractivity (Wildman–Crippen MR) is 122 cm³/mol. The van der Waals surface area contributed by atoms with Crippen molar-refractivity contribution in [1.82, 2.24) is 5.32 Å². The zero-order chi connectivity index (χ0) is 22.3. The third-order valence-corrected chi connectivity index (χ3v) is 6.05. The number of rotatable bonds is 10. The summed E-state index contributed by atoms with van der Waals surface area (Å²) in [4.78, 5) is 0. The van der Waals surface area contributed by atoms with Crippen molar-refractivity contribution in [3.63, 3.8) is 0 Å². The monoisotopic (exact) mass is 449 g/mol. The largest absolute Gasteiger partial charge is 0.497 e. The van der Waals surface area contributed by atoms with E-state index < -0.39 is 11.7 Å². The first kappa shape index (κ1) is 23.8. The second-order valence-electron chi connectivity index (χ2n) is 7.70. The Labute approximate surface area is 189 Å². The van der Waals surface area contributed by atoms with E-state index in [9.17, 15) is 5.11 Å². The molecule has 0 aliphatic carbocycles. The van der Waals surface area contributed by atoms with Crippen molar-refractivity contribution in [3.8, 4) is 22.6 Å². The van der Waals surface area contributed by atoms with E-state index in [0.717, 1.165) is 36.1 Å². The fourth-order valence-electron chi connectivity index (χ4n) is 4.11. The summed E-state index contributed by atoms with van der Waals surface area (Å²) >= 11 is 6.71. The molecule has 1 saturated heterocycles. The van der Waals surface area contributed by atoms with Crippen LogP contribution >= 0.6 is 11.6 Å². The number of halogens is 1. The molecule has 2 N–H and O–H groups in total. The van der Waals surface area contributed by atoms with Gasteiger partial charge in [0.2, 0.25) is 0 Å². The molecule has 0 bridgehead atoms. The molecule has 3 rings (SSSR count). The third kappa shape index (κ3) is 5.51. The van der Waals surface area contributed by atoms with Gasteiger partial charge in [0.1, 0.15) is 23.2 Å². The van der Waals surface area contributed by atoms with Crippen LogP contribution in [0, 0.1) is 0 Å². The van der Waals surface area contributed by atoms with Crippen molar-refractivity contribution in [1.29, 1.82) is 0 Å². The standard InChI is InChI=1S/C24H32ClNO5/c1-28-11-5-4-9-24(27,22-16-26-10-12-31-22)20-7-6-8-21(25)23(20)17-13-18(29-2)15-19(14-17)30-3/h6-8,13-15,22,26-27H,4-5,9-12,16H2,1-3H3/t22-,24-/m1/s1. The maximum atomic E-state index is 12.1. The molecule has 0 amide bonds. The first-order valence-electron chi connectivity index (χ1n) is 10.6. The lowest BCUT2D eigenvalue weighted by Crippen LogP contribution is -2.51. The van der Waals surface area contributed by atoms with Crippen LogP contribution in [-0.4, -0.2) is 58.8 Å². The lowest BCUT2D eigenvalue weighted by atomic mass is 9.79. The van der Waals surface area contributed by atoms with Gasteiger partial charge in [0.15, 0.2) is 0 Å². The first-order valence-corrected chi connectivity index (χ1v) is 11.0. The number of ether oxygens (including phenoxy) is 4. The molecule has 0 spiro atoms. The van der Waals surface area contributed by atoms with Gasteiger partial charge in [-0.25, -0.2) is 0 Å². The van der Waals surface area contributed by atoms with E-state index in [-0.39, 0.29) is 0 Å². The van der Waals surface area contributed by atoms with Crippen molar-refractivity contribution in [3.05, 3.63) is 47.0 Å². The fraction of sp³-hybridized carbons (Fsp3) is 0.500. The number of methoxy groups -OCH3 is 3. The van der Waals surface area contributed by atoms with Crippen molar-refractivity contribution >= 4 is 11.6 Å². The zero-order valence-electron chi connectivity index (χ0n) is 18.4. The smallest absolute Gasteiger partial charge is 0.123 e. The van der Waals surface area contributed by atoms with Crippen LogP contribution in [0.2, 0.25) is 5.02 Å². The van der Waals surface area contributed by atoms with E-state index in [2.05, 4.69) is 5.32 Å². The van der Waals surface area contributed by atoms with E-state index in [4.69, 9.17) is 30.5 Å². The van der Waals surface area contributed by atoms with Crippen molar-refractivity contribution in [2.75, 3.05) is 47.6 Å². The van der Waals surface area contributed by atoms with E-state index in [1.54, 1.807) is 21.3 Å². The Bertz CT molecular complexity index is 834. The van der Waals surface area contributed by atoms with Crippen LogP contribution in [0.4, 0.5) is 0 Å². The van der Waals surface area contributed by atoms with Gasteiger partial charge in [-0.1, -0.05) is 23.7 Å². The molecule has 7 heteroatoms. The Morgan fingerprint density at radius 3 is 2.48 bits per heavy atom. The minimum atomic E-state index is -1.22. The van der Waals surface area contributed by atoms with Gasteiger partial charge in [-0.3, -0.25) is 0 Å². The second kappa shape index (κ2) is 11.2. The number of morpholine rings is 1. The van der Waals surface area contributed by atoms with Gasteiger partial charge in [-0.15, -0.1) is 0 Å². The van der Waals surface area contributed by atoms with Gasteiger partial charge in [-0.05, 0) is 48.6 Å². The normalized spacial score (nSPS) is 18.4. The summed E-state index contributed by atoms with van der Waals surface area (Å²) in [6.07, 6.45) is 1.77. The highest BCUT2D eigenvalue weighted by molar-refractivity contribution is 6.33. The molecular formula is C24H32ClNO5. The molecule has 0 aromatic heterocycles. The van der Waals surface area contributed by atoms with Crippen LogP contribution in [-0.2, 0) is 15.1 Å². The number of unbranched alkanes of at least 4 members (excludes halogenated alkanes) is 1. The van der Waals surface area contributed by atoms with Crippen LogP contribution < -0.4 is 14.8 Å². The second-order valence-corrected chi connectivity index (χ2v) is 8.11. The minimum Gasteiger partial charge on any atom is -0.497 e. The first-order chi connectivity index (χ1) is 15.0. The number of nitrogens with one attached hydrogen (secondary N) is 1. The number of hydrogen-bond acceptors (Lipinski definition) is 6. The molecule has 0 saturated carbocycles. The summed E-state index contributed by atoms with van der Waals surface area (Å²) in [5, 5.41) is 16.0. The molecule has 1 aliphatic rings. The van der Waals surface area contributed by atoms with Gasteiger partial charge in [0.05, 0.1) is 20.8 Å². The molecule has 0 radical (unpaired) electrons. The van der Waals surface area contributed by atoms with Crippen molar-refractivity contribution < 1.29 is 24.1 Å². The molecule has 6 nitrogen and oxygen atoms in total.